The fourth-order valence-corrected chi connectivity index (χ4v) is 3.39. The van der Waals surface area contributed by atoms with Crippen molar-refractivity contribution in [2.45, 2.75) is 0 Å². The van der Waals surface area contributed by atoms with Crippen molar-refractivity contribution in [2.75, 3.05) is 14.2 Å². The van der Waals surface area contributed by atoms with E-state index in [-0.39, 0.29) is 0 Å². The molecule has 0 saturated heterocycles. The Bertz CT molecular complexity index is 1150. The molecule has 0 atom stereocenters. The molecule has 0 aliphatic carbocycles. The molecular formula is C24H19NO3. The summed E-state index contributed by atoms with van der Waals surface area (Å²) in [6, 6.07) is 25.4. The van der Waals surface area contributed by atoms with Crippen molar-refractivity contribution in [1.29, 1.82) is 0 Å². The lowest BCUT2D eigenvalue weighted by atomic mass is 9.94. The average molecular weight is 369 g/mol. The molecule has 4 rings (SSSR count). The molecule has 0 spiro atoms. The van der Waals surface area contributed by atoms with E-state index in [4.69, 9.17) is 14.5 Å². The number of fused-ring (bicyclic) bond motifs is 1. The molecule has 4 nitrogen and oxygen atoms in total. The van der Waals surface area contributed by atoms with E-state index in [1.807, 2.05) is 78.9 Å². The number of benzene rings is 3. The molecule has 0 aliphatic rings. The molecule has 0 unspecified atom stereocenters. The van der Waals surface area contributed by atoms with Crippen LogP contribution in [-0.4, -0.2) is 25.2 Å². The van der Waals surface area contributed by atoms with Crippen LogP contribution in [0.5, 0.6) is 5.75 Å². The molecule has 0 radical (unpaired) electrons. The third-order valence-corrected chi connectivity index (χ3v) is 4.70. The molecule has 0 bridgehead atoms. The van der Waals surface area contributed by atoms with Crippen LogP contribution in [0.1, 0.15) is 10.5 Å². The number of ether oxygens (including phenoxy) is 2. The lowest BCUT2D eigenvalue weighted by molar-refractivity contribution is 0.0595. The van der Waals surface area contributed by atoms with Gasteiger partial charge in [-0.3, -0.25) is 0 Å². The third-order valence-electron chi connectivity index (χ3n) is 4.70. The number of rotatable bonds is 4. The summed E-state index contributed by atoms with van der Waals surface area (Å²) >= 11 is 0. The number of carbonyl (C=O) groups is 1. The van der Waals surface area contributed by atoms with Crippen LogP contribution in [0.4, 0.5) is 0 Å². The van der Waals surface area contributed by atoms with Crippen LogP contribution in [0.3, 0.4) is 0 Å². The van der Waals surface area contributed by atoms with Crippen molar-refractivity contribution >= 4 is 16.7 Å². The molecule has 1 heterocycles. The minimum Gasteiger partial charge on any atom is -0.497 e. The largest absolute Gasteiger partial charge is 0.497 e. The smallest absolute Gasteiger partial charge is 0.357 e. The van der Waals surface area contributed by atoms with Crippen molar-refractivity contribution in [3.63, 3.8) is 0 Å². The van der Waals surface area contributed by atoms with Crippen molar-refractivity contribution in [2.24, 2.45) is 0 Å². The maximum absolute atomic E-state index is 12.6. The van der Waals surface area contributed by atoms with Gasteiger partial charge >= 0.3 is 5.97 Å². The molecule has 4 aromatic rings. The van der Waals surface area contributed by atoms with Gasteiger partial charge in [0.2, 0.25) is 0 Å². The number of hydrogen-bond acceptors (Lipinski definition) is 4. The first-order valence-corrected chi connectivity index (χ1v) is 8.94. The molecular weight excluding hydrogens is 350 g/mol. The quantitative estimate of drug-likeness (QED) is 0.454. The lowest BCUT2D eigenvalue weighted by Gasteiger charge is -2.15. The number of pyridine rings is 1. The maximum atomic E-state index is 12.6. The van der Waals surface area contributed by atoms with Gasteiger partial charge in [0.1, 0.15) is 5.75 Å². The molecule has 1 aromatic heterocycles. The zero-order chi connectivity index (χ0) is 19.5. The van der Waals surface area contributed by atoms with E-state index >= 15 is 0 Å². The molecule has 4 heteroatoms. The molecule has 0 fully saturated rings. The van der Waals surface area contributed by atoms with E-state index in [1.54, 1.807) is 7.11 Å². The fraction of sp³-hybridized carbons (Fsp3) is 0.0833. The second-order valence-electron chi connectivity index (χ2n) is 6.32. The molecule has 0 aliphatic heterocycles. The molecule has 138 valence electrons. The molecule has 28 heavy (non-hydrogen) atoms. The summed E-state index contributed by atoms with van der Waals surface area (Å²) in [5.74, 6) is 0.267. The summed E-state index contributed by atoms with van der Waals surface area (Å²) in [4.78, 5) is 17.4. The summed E-state index contributed by atoms with van der Waals surface area (Å²) < 4.78 is 10.4. The molecule has 3 aromatic carbocycles. The SMILES string of the molecule is COC(=O)c1nc(-c2cccc(OC)c2)c2ccccc2c1-c1ccccc1. The van der Waals surface area contributed by atoms with Crippen LogP contribution in [0, 0.1) is 0 Å². The van der Waals surface area contributed by atoms with Gasteiger partial charge in [-0.15, -0.1) is 0 Å². The zero-order valence-corrected chi connectivity index (χ0v) is 15.7. The predicted molar refractivity (Wildman–Crippen MR) is 111 cm³/mol. The van der Waals surface area contributed by atoms with Crippen LogP contribution in [-0.2, 0) is 4.74 Å². The van der Waals surface area contributed by atoms with E-state index in [0.717, 1.165) is 38.9 Å². The minimum absolute atomic E-state index is 0.296. The summed E-state index contributed by atoms with van der Waals surface area (Å²) in [5.41, 5.74) is 3.58. The van der Waals surface area contributed by atoms with Gasteiger partial charge in [-0.1, -0.05) is 66.7 Å². The molecule has 0 amide bonds. The van der Waals surface area contributed by atoms with Crippen molar-refractivity contribution in [3.8, 4) is 28.1 Å². The van der Waals surface area contributed by atoms with Gasteiger partial charge in [-0.2, -0.15) is 0 Å². The van der Waals surface area contributed by atoms with E-state index < -0.39 is 5.97 Å². The first-order chi connectivity index (χ1) is 13.7. The van der Waals surface area contributed by atoms with Gasteiger partial charge in [0.15, 0.2) is 5.69 Å². The summed E-state index contributed by atoms with van der Waals surface area (Å²) in [7, 11) is 3.00. The van der Waals surface area contributed by atoms with Gasteiger partial charge in [-0.25, -0.2) is 9.78 Å². The van der Waals surface area contributed by atoms with Gasteiger partial charge in [-0.05, 0) is 23.1 Å². The van der Waals surface area contributed by atoms with E-state index in [0.29, 0.717) is 5.69 Å². The Morgan fingerprint density at radius 3 is 2.18 bits per heavy atom. The van der Waals surface area contributed by atoms with Crippen molar-refractivity contribution in [1.82, 2.24) is 4.98 Å². The fourth-order valence-electron chi connectivity index (χ4n) is 3.39. The second-order valence-corrected chi connectivity index (χ2v) is 6.32. The normalized spacial score (nSPS) is 10.6. The second kappa shape index (κ2) is 7.53. The highest BCUT2D eigenvalue weighted by Gasteiger charge is 2.21. The van der Waals surface area contributed by atoms with E-state index in [9.17, 15) is 4.79 Å². The number of methoxy groups -OCH3 is 2. The van der Waals surface area contributed by atoms with Crippen LogP contribution in [0.2, 0.25) is 0 Å². The number of hydrogen-bond donors (Lipinski definition) is 0. The van der Waals surface area contributed by atoms with Gasteiger partial charge in [0.25, 0.3) is 0 Å². The number of nitrogens with zero attached hydrogens (tertiary/aromatic N) is 1. The highest BCUT2D eigenvalue weighted by Crippen LogP contribution is 2.37. The third kappa shape index (κ3) is 3.09. The number of aromatic nitrogens is 1. The Balaban J connectivity index is 2.10. The maximum Gasteiger partial charge on any atom is 0.357 e. The van der Waals surface area contributed by atoms with Gasteiger partial charge in [0, 0.05) is 16.5 Å². The summed E-state index contributed by atoms with van der Waals surface area (Å²) in [6.45, 7) is 0. The van der Waals surface area contributed by atoms with E-state index in [1.165, 1.54) is 7.11 Å². The predicted octanol–water partition coefficient (Wildman–Crippen LogP) is 5.36. The molecule has 0 saturated carbocycles. The van der Waals surface area contributed by atoms with Crippen LogP contribution in [0.25, 0.3) is 33.2 Å². The monoisotopic (exact) mass is 369 g/mol. The Hall–Kier alpha value is -3.66. The highest BCUT2D eigenvalue weighted by atomic mass is 16.5. The molecule has 0 N–H and O–H groups in total. The zero-order valence-electron chi connectivity index (χ0n) is 15.7. The Morgan fingerprint density at radius 2 is 1.46 bits per heavy atom. The number of esters is 1. The Labute approximate surface area is 163 Å². The van der Waals surface area contributed by atoms with Gasteiger partial charge < -0.3 is 9.47 Å². The Morgan fingerprint density at radius 1 is 0.786 bits per heavy atom. The van der Waals surface area contributed by atoms with Crippen molar-refractivity contribution < 1.29 is 14.3 Å². The first-order valence-electron chi connectivity index (χ1n) is 8.94. The summed E-state index contributed by atoms with van der Waals surface area (Å²) in [6.07, 6.45) is 0. The van der Waals surface area contributed by atoms with Crippen molar-refractivity contribution in [3.05, 3.63) is 84.6 Å². The first kappa shape index (κ1) is 17.7. The summed E-state index contributed by atoms with van der Waals surface area (Å²) in [5, 5.41) is 1.91. The topological polar surface area (TPSA) is 48.4 Å². The Kier molecular flexibility index (Phi) is 4.77. The van der Waals surface area contributed by atoms with E-state index in [2.05, 4.69) is 0 Å². The van der Waals surface area contributed by atoms with Gasteiger partial charge in [0.05, 0.1) is 19.9 Å². The standard InChI is InChI=1S/C24H19NO3/c1-27-18-12-8-11-17(15-18)22-20-14-7-6-13-19(20)21(16-9-4-3-5-10-16)23(25-22)24(26)28-2/h3-15H,1-2H3. The lowest BCUT2D eigenvalue weighted by Crippen LogP contribution is -2.08. The average Bonchev–Trinajstić information content (AvgIpc) is 2.78. The van der Waals surface area contributed by atoms with Crippen LogP contribution >= 0.6 is 0 Å². The van der Waals surface area contributed by atoms with Crippen LogP contribution < -0.4 is 4.74 Å². The van der Waals surface area contributed by atoms with Crippen LogP contribution in [0.15, 0.2) is 78.9 Å². The minimum atomic E-state index is -0.464. The highest BCUT2D eigenvalue weighted by molar-refractivity contribution is 6.10. The number of carbonyl (C=O) groups excluding carboxylic acids is 1.